The summed E-state index contributed by atoms with van der Waals surface area (Å²) in [5.41, 5.74) is 2.29. The van der Waals surface area contributed by atoms with Crippen molar-refractivity contribution in [2.24, 2.45) is 0 Å². The Balaban J connectivity index is 1.74. The molecule has 4 rings (SSSR count). The molecular weight excluding hydrogens is 409 g/mol. The Morgan fingerprint density at radius 1 is 1.10 bits per heavy atom. The van der Waals surface area contributed by atoms with E-state index < -0.39 is 27.9 Å². The zero-order valence-electron chi connectivity index (χ0n) is 15.9. The Labute approximate surface area is 173 Å². The molecule has 0 amide bonds. The van der Waals surface area contributed by atoms with Crippen LogP contribution in [0.15, 0.2) is 71.6 Å². The van der Waals surface area contributed by atoms with Gasteiger partial charge in [0.25, 0.3) is 10.0 Å². The van der Waals surface area contributed by atoms with Gasteiger partial charge in [-0.3, -0.25) is 4.31 Å². The van der Waals surface area contributed by atoms with Crippen LogP contribution in [0.1, 0.15) is 5.56 Å². The largest absolute Gasteiger partial charge is 0.496 e. The van der Waals surface area contributed by atoms with Gasteiger partial charge >= 0.3 is 5.97 Å². The molecule has 0 unspecified atom stereocenters. The van der Waals surface area contributed by atoms with Crippen molar-refractivity contribution in [1.29, 1.82) is 0 Å². The first kappa shape index (κ1) is 19.9. The SMILES string of the molecule is COc1cc(F)ccc1-c1ccc(S(=O)(=O)N2c3ccccc3C[C@H]2C(=O)O)cc1. The summed E-state index contributed by atoms with van der Waals surface area (Å²) in [6.45, 7) is 0. The van der Waals surface area contributed by atoms with Gasteiger partial charge in [-0.25, -0.2) is 17.6 Å². The minimum Gasteiger partial charge on any atom is -0.496 e. The number of sulfonamides is 1. The number of nitrogens with zero attached hydrogens (tertiary/aromatic N) is 1. The number of carboxylic acids is 1. The van der Waals surface area contributed by atoms with E-state index in [0.717, 1.165) is 4.31 Å². The first-order valence-electron chi connectivity index (χ1n) is 9.12. The number of hydrogen-bond acceptors (Lipinski definition) is 4. The number of benzene rings is 3. The van der Waals surface area contributed by atoms with Gasteiger partial charge in [-0.15, -0.1) is 0 Å². The van der Waals surface area contributed by atoms with Crippen molar-refractivity contribution < 1.29 is 27.4 Å². The Kier molecular flexibility index (Phi) is 4.95. The molecule has 0 spiro atoms. The molecule has 1 heterocycles. The summed E-state index contributed by atoms with van der Waals surface area (Å²) in [4.78, 5) is 11.7. The van der Waals surface area contributed by atoms with E-state index in [1.54, 1.807) is 42.5 Å². The second-order valence-corrected chi connectivity index (χ2v) is 8.67. The molecular formula is C22H18FNO5S. The molecule has 3 aromatic carbocycles. The molecule has 0 saturated carbocycles. The van der Waals surface area contributed by atoms with E-state index in [2.05, 4.69) is 0 Å². The number of para-hydroxylation sites is 1. The second kappa shape index (κ2) is 7.46. The third kappa shape index (κ3) is 3.29. The number of halogens is 1. The number of hydrogen-bond donors (Lipinski definition) is 1. The molecule has 1 N–H and O–H groups in total. The van der Waals surface area contributed by atoms with Crippen LogP contribution in [0.4, 0.5) is 10.1 Å². The van der Waals surface area contributed by atoms with E-state index in [4.69, 9.17) is 4.74 Å². The molecule has 0 fully saturated rings. The quantitative estimate of drug-likeness (QED) is 0.671. The number of anilines is 1. The molecule has 0 saturated heterocycles. The van der Waals surface area contributed by atoms with Crippen LogP contribution in [0.5, 0.6) is 5.75 Å². The number of aliphatic carboxylic acids is 1. The molecule has 0 bridgehead atoms. The predicted molar refractivity (Wildman–Crippen MR) is 110 cm³/mol. The summed E-state index contributed by atoms with van der Waals surface area (Å²) >= 11 is 0. The average Bonchev–Trinajstić information content (AvgIpc) is 3.14. The molecule has 1 aliphatic heterocycles. The van der Waals surface area contributed by atoms with Gasteiger partial charge in [0, 0.05) is 18.1 Å². The number of carboxylic acid groups (broad SMARTS) is 1. The summed E-state index contributed by atoms with van der Waals surface area (Å²) in [7, 11) is -2.68. The van der Waals surface area contributed by atoms with Gasteiger partial charge in [-0.05, 0) is 41.5 Å². The smallest absolute Gasteiger partial charge is 0.327 e. The van der Waals surface area contributed by atoms with Crippen molar-refractivity contribution in [3.05, 3.63) is 78.1 Å². The highest BCUT2D eigenvalue weighted by Gasteiger charge is 2.42. The van der Waals surface area contributed by atoms with Gasteiger partial charge in [0.2, 0.25) is 0 Å². The Morgan fingerprint density at radius 2 is 1.80 bits per heavy atom. The fraction of sp³-hybridized carbons (Fsp3) is 0.136. The predicted octanol–water partition coefficient (Wildman–Crippen LogP) is 3.71. The van der Waals surface area contributed by atoms with Gasteiger partial charge in [-0.2, -0.15) is 0 Å². The highest BCUT2D eigenvalue weighted by atomic mass is 32.2. The molecule has 8 heteroatoms. The van der Waals surface area contributed by atoms with Crippen LogP contribution in [0, 0.1) is 5.82 Å². The lowest BCUT2D eigenvalue weighted by Gasteiger charge is -2.24. The van der Waals surface area contributed by atoms with Gasteiger partial charge in [-0.1, -0.05) is 30.3 Å². The molecule has 6 nitrogen and oxygen atoms in total. The Morgan fingerprint density at radius 3 is 2.47 bits per heavy atom. The number of carbonyl (C=O) groups is 1. The molecule has 30 heavy (non-hydrogen) atoms. The van der Waals surface area contributed by atoms with Crippen molar-refractivity contribution in [1.82, 2.24) is 0 Å². The number of rotatable bonds is 5. The maximum absolute atomic E-state index is 13.5. The van der Waals surface area contributed by atoms with Gasteiger partial charge in [0.1, 0.15) is 17.6 Å². The first-order valence-corrected chi connectivity index (χ1v) is 10.6. The van der Waals surface area contributed by atoms with E-state index in [1.165, 1.54) is 31.4 Å². The molecule has 0 radical (unpaired) electrons. The maximum atomic E-state index is 13.5. The van der Waals surface area contributed by atoms with Crippen LogP contribution in [-0.4, -0.2) is 32.6 Å². The van der Waals surface area contributed by atoms with Gasteiger partial charge < -0.3 is 9.84 Å². The highest BCUT2D eigenvalue weighted by molar-refractivity contribution is 7.93. The van der Waals surface area contributed by atoms with Crippen LogP contribution in [0.3, 0.4) is 0 Å². The number of ether oxygens (including phenoxy) is 1. The van der Waals surface area contributed by atoms with E-state index in [-0.39, 0.29) is 11.3 Å². The highest BCUT2D eigenvalue weighted by Crippen LogP contribution is 2.37. The van der Waals surface area contributed by atoms with Crippen molar-refractivity contribution in [2.75, 3.05) is 11.4 Å². The topological polar surface area (TPSA) is 83.9 Å². The summed E-state index contributed by atoms with van der Waals surface area (Å²) < 4.78 is 46.3. The Hall–Kier alpha value is -3.39. The molecule has 0 aromatic heterocycles. The minimum atomic E-state index is -4.11. The van der Waals surface area contributed by atoms with Crippen LogP contribution >= 0.6 is 0 Å². The maximum Gasteiger partial charge on any atom is 0.327 e. The molecule has 1 atom stereocenters. The van der Waals surface area contributed by atoms with Crippen molar-refractivity contribution in [2.45, 2.75) is 17.4 Å². The van der Waals surface area contributed by atoms with E-state index in [0.29, 0.717) is 28.1 Å². The fourth-order valence-corrected chi connectivity index (χ4v) is 5.31. The van der Waals surface area contributed by atoms with Gasteiger partial charge in [0.15, 0.2) is 0 Å². The standard InChI is InChI=1S/C22H18FNO5S/c1-29-21-13-16(23)8-11-18(21)14-6-9-17(10-7-14)30(27,28)24-19-5-3-2-4-15(19)12-20(24)22(25)26/h2-11,13,20H,12H2,1H3,(H,25,26)/t20-/m0/s1. The normalized spacial score (nSPS) is 15.7. The lowest BCUT2D eigenvalue weighted by atomic mass is 10.0. The molecule has 154 valence electrons. The summed E-state index contributed by atoms with van der Waals surface area (Å²) in [6.07, 6.45) is 0.107. The van der Waals surface area contributed by atoms with Crippen LogP contribution < -0.4 is 9.04 Å². The number of methoxy groups -OCH3 is 1. The van der Waals surface area contributed by atoms with Crippen LogP contribution in [-0.2, 0) is 21.2 Å². The van der Waals surface area contributed by atoms with Crippen LogP contribution in [0.2, 0.25) is 0 Å². The lowest BCUT2D eigenvalue weighted by Crippen LogP contribution is -2.42. The second-order valence-electron chi connectivity index (χ2n) is 6.86. The van der Waals surface area contributed by atoms with Crippen molar-refractivity contribution >= 4 is 21.7 Å². The van der Waals surface area contributed by atoms with E-state index in [9.17, 15) is 22.7 Å². The molecule has 1 aliphatic rings. The van der Waals surface area contributed by atoms with E-state index >= 15 is 0 Å². The first-order chi connectivity index (χ1) is 14.3. The lowest BCUT2D eigenvalue weighted by molar-refractivity contribution is -0.138. The molecule has 0 aliphatic carbocycles. The zero-order chi connectivity index (χ0) is 21.5. The number of fused-ring (bicyclic) bond motifs is 1. The third-order valence-electron chi connectivity index (χ3n) is 5.10. The van der Waals surface area contributed by atoms with Crippen LogP contribution in [0.25, 0.3) is 11.1 Å². The third-order valence-corrected chi connectivity index (χ3v) is 6.93. The monoisotopic (exact) mass is 427 g/mol. The summed E-state index contributed by atoms with van der Waals surface area (Å²) in [6, 6.07) is 15.6. The minimum absolute atomic E-state index is 0.0321. The summed E-state index contributed by atoms with van der Waals surface area (Å²) in [5, 5.41) is 9.59. The average molecular weight is 427 g/mol. The fourth-order valence-electron chi connectivity index (χ4n) is 3.67. The van der Waals surface area contributed by atoms with E-state index in [1.807, 2.05) is 0 Å². The zero-order valence-corrected chi connectivity index (χ0v) is 16.8. The summed E-state index contributed by atoms with van der Waals surface area (Å²) in [5.74, 6) is -1.32. The van der Waals surface area contributed by atoms with Crippen molar-refractivity contribution in [3.63, 3.8) is 0 Å². The Bertz CT molecular complexity index is 1220. The van der Waals surface area contributed by atoms with Crippen molar-refractivity contribution in [3.8, 4) is 16.9 Å². The molecule has 3 aromatic rings. The van der Waals surface area contributed by atoms with Gasteiger partial charge in [0.05, 0.1) is 17.7 Å².